The van der Waals surface area contributed by atoms with E-state index in [-0.39, 0.29) is 11.9 Å². The van der Waals surface area contributed by atoms with E-state index in [0.29, 0.717) is 12.3 Å². The van der Waals surface area contributed by atoms with Crippen molar-refractivity contribution in [1.29, 1.82) is 0 Å². The van der Waals surface area contributed by atoms with Gasteiger partial charge in [-0.3, -0.25) is 4.79 Å². The number of hydrogen-bond acceptors (Lipinski definition) is 2. The van der Waals surface area contributed by atoms with E-state index < -0.39 is 6.04 Å². The van der Waals surface area contributed by atoms with Gasteiger partial charge < -0.3 is 11.1 Å². The molecular formula is C17H28N2O. The molecule has 20 heavy (non-hydrogen) atoms. The van der Waals surface area contributed by atoms with Gasteiger partial charge in [0, 0.05) is 6.04 Å². The molecule has 3 N–H and O–H groups in total. The minimum Gasteiger partial charge on any atom is -0.352 e. The first-order chi connectivity index (χ1) is 9.49. The third-order valence-corrected chi connectivity index (χ3v) is 3.49. The van der Waals surface area contributed by atoms with Crippen LogP contribution in [0.5, 0.6) is 0 Å². The molecule has 2 atom stereocenters. The first-order valence-corrected chi connectivity index (χ1v) is 7.59. The molecule has 0 aliphatic heterocycles. The molecule has 1 amide bonds. The summed E-state index contributed by atoms with van der Waals surface area (Å²) in [7, 11) is 0. The van der Waals surface area contributed by atoms with Crippen molar-refractivity contribution in [3.05, 3.63) is 35.9 Å². The highest BCUT2D eigenvalue weighted by Crippen LogP contribution is 2.07. The van der Waals surface area contributed by atoms with Crippen LogP contribution in [0.3, 0.4) is 0 Å². The fraction of sp³-hybridized carbons (Fsp3) is 0.588. The predicted octanol–water partition coefficient (Wildman–Crippen LogP) is 2.89. The van der Waals surface area contributed by atoms with Gasteiger partial charge in [-0.2, -0.15) is 0 Å². The number of carbonyl (C=O) groups is 1. The number of nitrogens with one attached hydrogen (secondary N) is 1. The molecule has 0 fully saturated rings. The van der Waals surface area contributed by atoms with Crippen molar-refractivity contribution in [2.24, 2.45) is 11.7 Å². The van der Waals surface area contributed by atoms with E-state index in [1.54, 1.807) is 0 Å². The van der Waals surface area contributed by atoms with Gasteiger partial charge >= 0.3 is 0 Å². The molecule has 2 unspecified atom stereocenters. The second-order valence-corrected chi connectivity index (χ2v) is 6.01. The van der Waals surface area contributed by atoms with Crippen molar-refractivity contribution in [3.63, 3.8) is 0 Å². The largest absolute Gasteiger partial charge is 0.352 e. The number of benzene rings is 1. The summed E-state index contributed by atoms with van der Waals surface area (Å²) < 4.78 is 0. The number of amides is 1. The minimum atomic E-state index is -0.420. The Morgan fingerprint density at radius 3 is 2.35 bits per heavy atom. The number of nitrogens with two attached hydrogens (primary N) is 1. The van der Waals surface area contributed by atoms with E-state index >= 15 is 0 Å². The number of hydrogen-bond donors (Lipinski definition) is 2. The molecule has 0 spiro atoms. The van der Waals surface area contributed by atoms with Crippen LogP contribution in [-0.4, -0.2) is 18.0 Å². The first-order valence-electron chi connectivity index (χ1n) is 7.59. The van der Waals surface area contributed by atoms with Crippen LogP contribution in [0.15, 0.2) is 30.3 Å². The van der Waals surface area contributed by atoms with Crippen molar-refractivity contribution in [3.8, 4) is 0 Å². The molecule has 0 radical (unpaired) electrons. The Morgan fingerprint density at radius 1 is 1.10 bits per heavy atom. The molecule has 0 saturated heterocycles. The van der Waals surface area contributed by atoms with Crippen LogP contribution in [0, 0.1) is 5.92 Å². The van der Waals surface area contributed by atoms with Crippen molar-refractivity contribution < 1.29 is 4.79 Å². The van der Waals surface area contributed by atoms with Gasteiger partial charge in [0.2, 0.25) is 5.91 Å². The molecule has 1 aromatic rings. The zero-order valence-electron chi connectivity index (χ0n) is 12.9. The Labute approximate surface area is 122 Å². The fourth-order valence-electron chi connectivity index (χ4n) is 2.10. The standard InChI is InChI=1S/C17H28N2O/c1-13(2)9-10-14(3)19-17(20)16(18)12-11-15-7-5-4-6-8-15/h4-8,13-14,16H,9-12,18H2,1-3H3,(H,19,20). The number of carbonyl (C=O) groups excluding carboxylic acids is 1. The fourth-order valence-corrected chi connectivity index (χ4v) is 2.10. The van der Waals surface area contributed by atoms with Crippen LogP contribution in [0.2, 0.25) is 0 Å². The van der Waals surface area contributed by atoms with Gasteiger partial charge in [0.1, 0.15) is 0 Å². The van der Waals surface area contributed by atoms with Crippen LogP contribution in [0.1, 0.15) is 45.6 Å². The summed E-state index contributed by atoms with van der Waals surface area (Å²) in [5.41, 5.74) is 7.18. The SMILES string of the molecule is CC(C)CCC(C)NC(=O)C(N)CCc1ccccc1. The molecule has 3 heteroatoms. The Bertz CT molecular complexity index is 389. The Kier molecular flexibility index (Phi) is 7.31. The quantitative estimate of drug-likeness (QED) is 0.767. The maximum Gasteiger partial charge on any atom is 0.237 e. The average molecular weight is 276 g/mol. The molecule has 1 aromatic carbocycles. The summed E-state index contributed by atoms with van der Waals surface area (Å²) in [5.74, 6) is 0.637. The van der Waals surface area contributed by atoms with Gasteiger partial charge in [0.15, 0.2) is 0 Å². The van der Waals surface area contributed by atoms with Crippen LogP contribution in [0.25, 0.3) is 0 Å². The predicted molar refractivity (Wildman–Crippen MR) is 84.4 cm³/mol. The van der Waals surface area contributed by atoms with E-state index in [1.165, 1.54) is 5.56 Å². The zero-order chi connectivity index (χ0) is 15.0. The molecule has 0 aliphatic rings. The van der Waals surface area contributed by atoms with Gasteiger partial charge in [0.25, 0.3) is 0 Å². The molecule has 0 aromatic heterocycles. The lowest BCUT2D eigenvalue weighted by Crippen LogP contribution is -2.44. The van der Waals surface area contributed by atoms with Gasteiger partial charge in [0.05, 0.1) is 6.04 Å². The van der Waals surface area contributed by atoms with Crippen LogP contribution in [0.4, 0.5) is 0 Å². The maximum absolute atomic E-state index is 12.0. The van der Waals surface area contributed by atoms with Gasteiger partial charge in [-0.15, -0.1) is 0 Å². The lowest BCUT2D eigenvalue weighted by molar-refractivity contribution is -0.123. The molecule has 0 saturated carbocycles. The minimum absolute atomic E-state index is 0.0304. The summed E-state index contributed by atoms with van der Waals surface area (Å²) in [4.78, 5) is 12.0. The maximum atomic E-state index is 12.0. The van der Waals surface area contributed by atoms with E-state index in [2.05, 4.69) is 31.3 Å². The van der Waals surface area contributed by atoms with E-state index in [1.807, 2.05) is 25.1 Å². The van der Waals surface area contributed by atoms with Gasteiger partial charge in [-0.05, 0) is 44.1 Å². The highest BCUT2D eigenvalue weighted by atomic mass is 16.2. The monoisotopic (exact) mass is 276 g/mol. The summed E-state index contributed by atoms with van der Waals surface area (Å²) in [6.45, 7) is 6.43. The summed E-state index contributed by atoms with van der Waals surface area (Å²) in [5, 5.41) is 3.01. The third-order valence-electron chi connectivity index (χ3n) is 3.49. The topological polar surface area (TPSA) is 55.1 Å². The van der Waals surface area contributed by atoms with Gasteiger partial charge in [-0.25, -0.2) is 0 Å². The molecule has 0 heterocycles. The highest BCUT2D eigenvalue weighted by molar-refractivity contribution is 5.81. The van der Waals surface area contributed by atoms with Gasteiger partial charge in [-0.1, -0.05) is 44.2 Å². The third kappa shape index (κ3) is 6.71. The second kappa shape index (κ2) is 8.75. The van der Waals surface area contributed by atoms with Crippen LogP contribution in [-0.2, 0) is 11.2 Å². The van der Waals surface area contributed by atoms with E-state index in [9.17, 15) is 4.79 Å². The second-order valence-electron chi connectivity index (χ2n) is 6.01. The normalized spacial score (nSPS) is 14.1. The summed E-state index contributed by atoms with van der Waals surface area (Å²) in [6, 6.07) is 9.92. The van der Waals surface area contributed by atoms with Crippen molar-refractivity contribution in [1.82, 2.24) is 5.32 Å². The molecule has 0 aliphatic carbocycles. The molecule has 3 nitrogen and oxygen atoms in total. The summed E-state index contributed by atoms with van der Waals surface area (Å²) in [6.07, 6.45) is 3.66. The molecular weight excluding hydrogens is 248 g/mol. The summed E-state index contributed by atoms with van der Waals surface area (Å²) >= 11 is 0. The smallest absolute Gasteiger partial charge is 0.237 e. The van der Waals surface area contributed by atoms with E-state index in [4.69, 9.17) is 5.73 Å². The Morgan fingerprint density at radius 2 is 1.75 bits per heavy atom. The lowest BCUT2D eigenvalue weighted by Gasteiger charge is -2.18. The number of aryl methyl sites for hydroxylation is 1. The lowest BCUT2D eigenvalue weighted by atomic mass is 10.0. The van der Waals surface area contributed by atoms with E-state index in [0.717, 1.165) is 19.3 Å². The Hall–Kier alpha value is -1.35. The van der Waals surface area contributed by atoms with Crippen molar-refractivity contribution >= 4 is 5.91 Å². The highest BCUT2D eigenvalue weighted by Gasteiger charge is 2.15. The van der Waals surface area contributed by atoms with Crippen LogP contribution < -0.4 is 11.1 Å². The zero-order valence-corrected chi connectivity index (χ0v) is 12.9. The van der Waals surface area contributed by atoms with Crippen LogP contribution >= 0.6 is 0 Å². The molecule has 112 valence electrons. The van der Waals surface area contributed by atoms with Crippen molar-refractivity contribution in [2.75, 3.05) is 0 Å². The Balaban J connectivity index is 2.28. The first kappa shape index (κ1) is 16.7. The number of rotatable bonds is 8. The molecule has 1 rings (SSSR count). The molecule has 0 bridgehead atoms. The van der Waals surface area contributed by atoms with Crippen molar-refractivity contribution in [2.45, 2.75) is 58.5 Å². The average Bonchev–Trinajstić information content (AvgIpc) is 2.43.